The van der Waals surface area contributed by atoms with Crippen LogP contribution in [0.25, 0.3) is 10.9 Å². The fourth-order valence-corrected chi connectivity index (χ4v) is 1.96. The molecule has 6 nitrogen and oxygen atoms in total. The fourth-order valence-electron chi connectivity index (χ4n) is 1.96. The lowest BCUT2D eigenvalue weighted by Gasteiger charge is -2.07. The van der Waals surface area contributed by atoms with E-state index >= 15 is 0 Å². The van der Waals surface area contributed by atoms with E-state index in [0.29, 0.717) is 17.4 Å². The summed E-state index contributed by atoms with van der Waals surface area (Å²) in [7, 11) is 0. The van der Waals surface area contributed by atoms with Gasteiger partial charge in [-0.2, -0.15) is 0 Å². The van der Waals surface area contributed by atoms with Crippen molar-refractivity contribution >= 4 is 16.8 Å². The number of aromatic nitrogens is 3. The Morgan fingerprint density at radius 1 is 1.14 bits per heavy atom. The number of carbonyl (C=O) groups is 1. The van der Waals surface area contributed by atoms with Gasteiger partial charge in [-0.1, -0.05) is 0 Å². The normalized spacial score (nSPS) is 10.5. The first kappa shape index (κ1) is 13.0. The zero-order valence-corrected chi connectivity index (χ0v) is 11.0. The highest BCUT2D eigenvalue weighted by Gasteiger charge is 2.16. The molecule has 0 saturated heterocycles. The van der Waals surface area contributed by atoms with Gasteiger partial charge in [0.1, 0.15) is 5.52 Å². The Hall–Kier alpha value is -3.02. The summed E-state index contributed by atoms with van der Waals surface area (Å²) in [5.74, 6) is -0.655. The number of pyridine rings is 3. The van der Waals surface area contributed by atoms with Gasteiger partial charge in [0.05, 0.1) is 0 Å². The molecule has 6 heteroatoms. The SMILES string of the molecule is O=C(NCc1ccncc1)c1ncc2cccnc2c1O. The summed E-state index contributed by atoms with van der Waals surface area (Å²) >= 11 is 0. The number of carbonyl (C=O) groups excluding carboxylic acids is 1. The molecule has 21 heavy (non-hydrogen) atoms. The fraction of sp³-hybridized carbons (Fsp3) is 0.0667. The van der Waals surface area contributed by atoms with Crippen LogP contribution in [0.1, 0.15) is 16.1 Å². The summed E-state index contributed by atoms with van der Waals surface area (Å²) in [6, 6.07) is 7.12. The van der Waals surface area contributed by atoms with E-state index < -0.39 is 5.91 Å². The third-order valence-corrected chi connectivity index (χ3v) is 3.04. The Bertz CT molecular complexity index is 790. The molecular weight excluding hydrogens is 268 g/mol. The molecule has 0 aliphatic carbocycles. The topological polar surface area (TPSA) is 88.0 Å². The van der Waals surface area contributed by atoms with Crippen LogP contribution in [0.2, 0.25) is 0 Å². The Labute approximate surface area is 120 Å². The lowest BCUT2D eigenvalue weighted by atomic mass is 10.2. The zero-order chi connectivity index (χ0) is 14.7. The van der Waals surface area contributed by atoms with Crippen molar-refractivity contribution in [1.82, 2.24) is 20.3 Å². The average Bonchev–Trinajstić information content (AvgIpc) is 2.54. The summed E-state index contributed by atoms with van der Waals surface area (Å²) < 4.78 is 0. The van der Waals surface area contributed by atoms with E-state index in [1.165, 1.54) is 6.20 Å². The lowest BCUT2D eigenvalue weighted by molar-refractivity contribution is 0.0943. The molecule has 0 radical (unpaired) electrons. The van der Waals surface area contributed by atoms with E-state index in [1.807, 2.05) is 0 Å². The monoisotopic (exact) mass is 280 g/mol. The number of amides is 1. The molecule has 3 aromatic heterocycles. The third kappa shape index (κ3) is 2.64. The van der Waals surface area contributed by atoms with E-state index in [9.17, 15) is 9.90 Å². The summed E-state index contributed by atoms with van der Waals surface area (Å²) in [5, 5.41) is 13.5. The molecule has 3 aromatic rings. The Balaban J connectivity index is 1.83. The number of nitrogens with one attached hydrogen (secondary N) is 1. The molecule has 3 rings (SSSR count). The van der Waals surface area contributed by atoms with Gasteiger partial charge in [-0.05, 0) is 29.8 Å². The second-order valence-electron chi connectivity index (χ2n) is 4.43. The minimum Gasteiger partial charge on any atom is -0.504 e. The van der Waals surface area contributed by atoms with E-state index in [4.69, 9.17) is 0 Å². The van der Waals surface area contributed by atoms with Crippen LogP contribution in [0.5, 0.6) is 5.75 Å². The van der Waals surface area contributed by atoms with Gasteiger partial charge in [0, 0.05) is 36.7 Å². The van der Waals surface area contributed by atoms with Gasteiger partial charge in [-0.15, -0.1) is 0 Å². The summed E-state index contributed by atoms with van der Waals surface area (Å²) in [6.07, 6.45) is 6.37. The Morgan fingerprint density at radius 3 is 2.76 bits per heavy atom. The smallest absolute Gasteiger partial charge is 0.274 e. The molecule has 0 bridgehead atoms. The second-order valence-corrected chi connectivity index (χ2v) is 4.43. The maximum absolute atomic E-state index is 12.1. The van der Waals surface area contributed by atoms with Crippen molar-refractivity contribution < 1.29 is 9.90 Å². The van der Waals surface area contributed by atoms with E-state index in [-0.39, 0.29) is 11.4 Å². The van der Waals surface area contributed by atoms with Crippen LogP contribution in [-0.2, 0) is 6.54 Å². The van der Waals surface area contributed by atoms with Crippen LogP contribution in [0, 0.1) is 0 Å². The van der Waals surface area contributed by atoms with Crippen molar-refractivity contribution in [3.8, 4) is 5.75 Å². The molecule has 1 amide bonds. The number of nitrogens with zero attached hydrogens (tertiary/aromatic N) is 3. The van der Waals surface area contributed by atoms with E-state index in [0.717, 1.165) is 5.56 Å². The Kier molecular flexibility index (Phi) is 3.42. The Morgan fingerprint density at radius 2 is 1.95 bits per heavy atom. The van der Waals surface area contributed by atoms with Gasteiger partial charge in [-0.3, -0.25) is 14.8 Å². The van der Waals surface area contributed by atoms with Crippen LogP contribution < -0.4 is 5.32 Å². The quantitative estimate of drug-likeness (QED) is 0.761. The minimum absolute atomic E-state index is 0.0322. The van der Waals surface area contributed by atoms with Gasteiger partial charge < -0.3 is 10.4 Å². The van der Waals surface area contributed by atoms with Crippen molar-refractivity contribution in [1.29, 1.82) is 0 Å². The van der Waals surface area contributed by atoms with Crippen LogP contribution in [0.3, 0.4) is 0 Å². The maximum Gasteiger partial charge on any atom is 0.274 e. The van der Waals surface area contributed by atoms with Crippen LogP contribution >= 0.6 is 0 Å². The lowest BCUT2D eigenvalue weighted by Crippen LogP contribution is -2.24. The average molecular weight is 280 g/mol. The predicted molar refractivity (Wildman–Crippen MR) is 76.6 cm³/mol. The van der Waals surface area contributed by atoms with Crippen LogP contribution in [0.4, 0.5) is 0 Å². The molecule has 0 atom stereocenters. The molecule has 0 spiro atoms. The standard InChI is InChI=1S/C15H12N4O2/c20-14-12-11(2-1-5-17-12)9-18-13(14)15(21)19-8-10-3-6-16-7-4-10/h1-7,9,20H,8H2,(H,19,21). The van der Waals surface area contributed by atoms with Crippen molar-refractivity contribution in [2.24, 2.45) is 0 Å². The second kappa shape index (κ2) is 5.54. The molecular formula is C15H12N4O2. The highest BCUT2D eigenvalue weighted by molar-refractivity contribution is 6.00. The molecule has 0 unspecified atom stereocenters. The van der Waals surface area contributed by atoms with Gasteiger partial charge in [-0.25, -0.2) is 4.98 Å². The van der Waals surface area contributed by atoms with Crippen LogP contribution in [0.15, 0.2) is 49.1 Å². The van der Waals surface area contributed by atoms with Crippen molar-refractivity contribution in [3.05, 3.63) is 60.3 Å². The van der Waals surface area contributed by atoms with E-state index in [2.05, 4.69) is 20.3 Å². The molecule has 0 fully saturated rings. The van der Waals surface area contributed by atoms with Crippen molar-refractivity contribution in [2.45, 2.75) is 6.54 Å². The maximum atomic E-state index is 12.1. The number of hydrogen-bond donors (Lipinski definition) is 2. The number of fused-ring (bicyclic) bond motifs is 1. The summed E-state index contributed by atoms with van der Waals surface area (Å²) in [6.45, 7) is 0.336. The van der Waals surface area contributed by atoms with E-state index in [1.54, 1.807) is 42.9 Å². The van der Waals surface area contributed by atoms with Gasteiger partial charge in [0.25, 0.3) is 5.91 Å². The number of aromatic hydroxyl groups is 1. The number of hydrogen-bond acceptors (Lipinski definition) is 5. The molecule has 0 saturated carbocycles. The molecule has 0 aromatic carbocycles. The largest absolute Gasteiger partial charge is 0.504 e. The first-order valence-corrected chi connectivity index (χ1v) is 6.35. The summed E-state index contributed by atoms with van der Waals surface area (Å²) in [5.41, 5.74) is 1.24. The zero-order valence-electron chi connectivity index (χ0n) is 11.0. The molecule has 104 valence electrons. The van der Waals surface area contributed by atoms with Crippen LogP contribution in [-0.4, -0.2) is 26.0 Å². The number of rotatable bonds is 3. The molecule has 0 aliphatic heterocycles. The molecule has 2 N–H and O–H groups in total. The van der Waals surface area contributed by atoms with Gasteiger partial charge in [0.2, 0.25) is 0 Å². The molecule has 3 heterocycles. The van der Waals surface area contributed by atoms with Crippen molar-refractivity contribution in [3.63, 3.8) is 0 Å². The minimum atomic E-state index is -0.447. The van der Waals surface area contributed by atoms with Crippen molar-refractivity contribution in [2.75, 3.05) is 0 Å². The predicted octanol–water partition coefficient (Wildman–Crippen LogP) is 1.66. The first-order valence-electron chi connectivity index (χ1n) is 6.35. The van der Waals surface area contributed by atoms with Gasteiger partial charge >= 0.3 is 0 Å². The summed E-state index contributed by atoms with van der Waals surface area (Å²) in [4.78, 5) is 24.1. The first-order chi connectivity index (χ1) is 10.3. The highest BCUT2D eigenvalue weighted by atomic mass is 16.3. The molecule has 0 aliphatic rings. The third-order valence-electron chi connectivity index (χ3n) is 3.04. The highest BCUT2D eigenvalue weighted by Crippen LogP contribution is 2.24. The van der Waals surface area contributed by atoms with Gasteiger partial charge in [0.15, 0.2) is 11.4 Å².